The van der Waals surface area contributed by atoms with E-state index in [4.69, 9.17) is 38.7 Å². The molecular formula is C20H20N2O9. The molecule has 2 aliphatic rings. The number of nitrogens with one attached hydrogen (secondary N) is 2. The summed E-state index contributed by atoms with van der Waals surface area (Å²) in [5.41, 5.74) is 2.00. The highest BCUT2D eigenvalue weighted by molar-refractivity contribution is 6.27. The van der Waals surface area contributed by atoms with Gasteiger partial charge in [0.15, 0.2) is 23.0 Å². The zero-order valence-corrected chi connectivity index (χ0v) is 16.3. The van der Waals surface area contributed by atoms with Crippen LogP contribution in [0.2, 0.25) is 0 Å². The predicted octanol–water partition coefficient (Wildman–Crippen LogP) is 0.706. The Hall–Kier alpha value is -3.99. The standard InChI is InChI=1S/C18H18N2O5.C2H2O4/c21-18(20-8-13-2-4-15-17(6-13)25-11-23-15)9-19-7-12-1-3-14-16(5-12)24-10-22-14;3-1(4)2(5)6/h1-6,19H,7-11H2,(H,20,21);(H,3,4)(H,5,6). The van der Waals surface area contributed by atoms with E-state index in [1.807, 2.05) is 36.4 Å². The molecule has 0 bridgehead atoms. The van der Waals surface area contributed by atoms with Gasteiger partial charge >= 0.3 is 11.9 Å². The summed E-state index contributed by atoms with van der Waals surface area (Å²) in [6.07, 6.45) is 0. The predicted molar refractivity (Wildman–Crippen MR) is 104 cm³/mol. The number of carbonyl (C=O) groups excluding carboxylic acids is 1. The van der Waals surface area contributed by atoms with E-state index in [0.29, 0.717) is 18.8 Å². The monoisotopic (exact) mass is 432 g/mol. The number of hydrogen-bond acceptors (Lipinski definition) is 8. The highest BCUT2D eigenvalue weighted by Crippen LogP contribution is 2.33. The molecule has 0 aliphatic carbocycles. The highest BCUT2D eigenvalue weighted by Gasteiger charge is 2.14. The number of fused-ring (bicyclic) bond motifs is 2. The molecule has 31 heavy (non-hydrogen) atoms. The molecule has 2 aromatic carbocycles. The minimum Gasteiger partial charge on any atom is -0.473 e. The van der Waals surface area contributed by atoms with Gasteiger partial charge in [0.25, 0.3) is 0 Å². The molecule has 4 N–H and O–H groups in total. The average Bonchev–Trinajstić information content (AvgIpc) is 3.41. The third-order valence-electron chi connectivity index (χ3n) is 4.16. The molecule has 0 spiro atoms. The number of rotatable bonds is 6. The maximum Gasteiger partial charge on any atom is 0.414 e. The summed E-state index contributed by atoms with van der Waals surface area (Å²) >= 11 is 0. The lowest BCUT2D eigenvalue weighted by molar-refractivity contribution is -0.159. The van der Waals surface area contributed by atoms with Crippen molar-refractivity contribution in [1.82, 2.24) is 10.6 Å². The smallest absolute Gasteiger partial charge is 0.414 e. The number of amides is 1. The minimum absolute atomic E-state index is 0.0709. The average molecular weight is 432 g/mol. The first-order chi connectivity index (χ1) is 14.9. The molecule has 11 nitrogen and oxygen atoms in total. The second-order valence-electron chi connectivity index (χ2n) is 6.37. The van der Waals surface area contributed by atoms with Crippen molar-refractivity contribution < 1.29 is 43.5 Å². The lowest BCUT2D eigenvalue weighted by atomic mass is 10.2. The van der Waals surface area contributed by atoms with Crippen molar-refractivity contribution in [3.8, 4) is 23.0 Å². The molecule has 2 aliphatic heterocycles. The van der Waals surface area contributed by atoms with Gasteiger partial charge in [-0.1, -0.05) is 12.1 Å². The third-order valence-corrected chi connectivity index (χ3v) is 4.16. The van der Waals surface area contributed by atoms with Crippen molar-refractivity contribution in [2.24, 2.45) is 0 Å². The normalized spacial score (nSPS) is 12.5. The summed E-state index contributed by atoms with van der Waals surface area (Å²) in [5.74, 6) is -0.770. The van der Waals surface area contributed by atoms with E-state index < -0.39 is 11.9 Å². The van der Waals surface area contributed by atoms with E-state index in [2.05, 4.69) is 10.6 Å². The van der Waals surface area contributed by atoms with Crippen molar-refractivity contribution >= 4 is 17.8 Å². The van der Waals surface area contributed by atoms with E-state index in [1.165, 1.54) is 0 Å². The molecule has 1 amide bonds. The number of ether oxygens (including phenoxy) is 4. The largest absolute Gasteiger partial charge is 0.473 e. The molecule has 4 rings (SSSR count). The van der Waals surface area contributed by atoms with Gasteiger partial charge < -0.3 is 39.8 Å². The van der Waals surface area contributed by atoms with Gasteiger partial charge in [0.1, 0.15) is 0 Å². The molecule has 11 heteroatoms. The van der Waals surface area contributed by atoms with Gasteiger partial charge in [0, 0.05) is 13.1 Å². The summed E-state index contributed by atoms with van der Waals surface area (Å²) in [6, 6.07) is 11.4. The Morgan fingerprint density at radius 3 is 1.74 bits per heavy atom. The van der Waals surface area contributed by atoms with Crippen molar-refractivity contribution in [3.63, 3.8) is 0 Å². The van der Waals surface area contributed by atoms with Crippen molar-refractivity contribution in [3.05, 3.63) is 47.5 Å². The quantitative estimate of drug-likeness (QED) is 0.480. The first-order valence-corrected chi connectivity index (χ1v) is 9.13. The molecule has 164 valence electrons. The molecule has 0 radical (unpaired) electrons. The van der Waals surface area contributed by atoms with Gasteiger partial charge in [-0.3, -0.25) is 4.79 Å². The molecule has 0 atom stereocenters. The number of carboxylic acids is 2. The zero-order valence-electron chi connectivity index (χ0n) is 16.3. The van der Waals surface area contributed by atoms with Gasteiger partial charge in [0.2, 0.25) is 19.5 Å². The van der Waals surface area contributed by atoms with E-state index in [-0.39, 0.29) is 26.0 Å². The van der Waals surface area contributed by atoms with Crippen molar-refractivity contribution in [1.29, 1.82) is 0 Å². The van der Waals surface area contributed by atoms with Gasteiger partial charge in [-0.15, -0.1) is 0 Å². The summed E-state index contributed by atoms with van der Waals surface area (Å²) in [6.45, 7) is 1.76. The number of hydrogen-bond donors (Lipinski definition) is 4. The molecule has 0 unspecified atom stereocenters. The van der Waals surface area contributed by atoms with Crippen LogP contribution in [-0.4, -0.2) is 48.2 Å². The fourth-order valence-corrected chi connectivity index (χ4v) is 2.69. The fourth-order valence-electron chi connectivity index (χ4n) is 2.69. The Labute approximate surface area is 176 Å². The Morgan fingerprint density at radius 1 is 0.742 bits per heavy atom. The molecule has 2 heterocycles. The lowest BCUT2D eigenvalue weighted by Crippen LogP contribution is -2.33. The van der Waals surface area contributed by atoms with Crippen molar-refractivity contribution in [2.75, 3.05) is 20.1 Å². The van der Waals surface area contributed by atoms with Gasteiger partial charge in [-0.2, -0.15) is 0 Å². The number of carbonyl (C=O) groups is 3. The maximum atomic E-state index is 12.0. The van der Waals surface area contributed by atoms with E-state index >= 15 is 0 Å². The van der Waals surface area contributed by atoms with E-state index in [9.17, 15) is 4.79 Å². The van der Waals surface area contributed by atoms with Crippen LogP contribution in [0.1, 0.15) is 11.1 Å². The third kappa shape index (κ3) is 6.24. The zero-order chi connectivity index (χ0) is 22.2. The first-order valence-electron chi connectivity index (χ1n) is 9.13. The Morgan fingerprint density at radius 2 is 1.23 bits per heavy atom. The van der Waals surface area contributed by atoms with Gasteiger partial charge in [-0.05, 0) is 35.4 Å². The number of benzene rings is 2. The van der Waals surface area contributed by atoms with Crippen LogP contribution in [0.15, 0.2) is 36.4 Å². The van der Waals surface area contributed by atoms with E-state index in [1.54, 1.807) is 0 Å². The summed E-state index contributed by atoms with van der Waals surface area (Å²) in [5, 5.41) is 20.8. The second kappa shape index (κ2) is 10.2. The Kier molecular flexibility index (Phi) is 7.12. The molecular weight excluding hydrogens is 412 g/mol. The topological polar surface area (TPSA) is 153 Å². The molecule has 2 aromatic rings. The maximum absolute atomic E-state index is 12.0. The van der Waals surface area contributed by atoms with Crippen LogP contribution >= 0.6 is 0 Å². The molecule has 0 saturated carbocycles. The van der Waals surface area contributed by atoms with Crippen LogP contribution in [0, 0.1) is 0 Å². The van der Waals surface area contributed by atoms with Gasteiger partial charge in [-0.25, -0.2) is 9.59 Å². The van der Waals surface area contributed by atoms with Crippen LogP contribution < -0.4 is 29.6 Å². The number of aliphatic carboxylic acids is 2. The van der Waals surface area contributed by atoms with E-state index in [0.717, 1.165) is 28.4 Å². The molecule has 0 aromatic heterocycles. The summed E-state index contributed by atoms with van der Waals surface area (Å²) in [7, 11) is 0. The second-order valence-corrected chi connectivity index (χ2v) is 6.37. The van der Waals surface area contributed by atoms with Crippen LogP contribution in [-0.2, 0) is 27.5 Å². The lowest BCUT2D eigenvalue weighted by Gasteiger charge is -2.08. The number of carboxylic acid groups (broad SMARTS) is 2. The SMILES string of the molecule is O=C(CNCc1ccc2c(c1)OCO2)NCc1ccc2c(c1)OCO2.O=C(O)C(=O)O. The first kappa shape index (κ1) is 21.7. The van der Waals surface area contributed by atoms with Crippen LogP contribution in [0.3, 0.4) is 0 Å². The minimum atomic E-state index is -1.82. The van der Waals surface area contributed by atoms with Gasteiger partial charge in [0.05, 0.1) is 6.54 Å². The summed E-state index contributed by atoms with van der Waals surface area (Å²) < 4.78 is 21.2. The highest BCUT2D eigenvalue weighted by atomic mass is 16.7. The Balaban J connectivity index is 0.000000401. The van der Waals surface area contributed by atoms with Crippen LogP contribution in [0.4, 0.5) is 0 Å². The van der Waals surface area contributed by atoms with Crippen LogP contribution in [0.5, 0.6) is 23.0 Å². The fraction of sp³-hybridized carbons (Fsp3) is 0.250. The summed E-state index contributed by atoms with van der Waals surface area (Å²) in [4.78, 5) is 30.2. The molecule has 0 fully saturated rings. The Bertz CT molecular complexity index is 965. The molecule has 0 saturated heterocycles. The van der Waals surface area contributed by atoms with Crippen LogP contribution in [0.25, 0.3) is 0 Å². The van der Waals surface area contributed by atoms with Crippen molar-refractivity contribution in [2.45, 2.75) is 13.1 Å².